The number of aryl methyl sites for hydroxylation is 1. The standard InChI is InChI=1S/C24H21ClF2/c1-2-3-4-5-15-6-11-19-17(12-15)13-21-20(19)14-22(26)23(24(21)27)16-7-9-18(25)10-8-16/h6-12,14H,2-5,13H2,1H3. The van der Waals surface area contributed by atoms with E-state index in [2.05, 4.69) is 19.1 Å². The van der Waals surface area contributed by atoms with Crippen LogP contribution in [0.1, 0.15) is 42.9 Å². The van der Waals surface area contributed by atoms with Crippen molar-refractivity contribution >= 4 is 11.6 Å². The van der Waals surface area contributed by atoms with Crippen LogP contribution in [0, 0.1) is 11.6 Å². The maximum atomic E-state index is 15.3. The van der Waals surface area contributed by atoms with E-state index in [4.69, 9.17) is 11.6 Å². The fourth-order valence-corrected chi connectivity index (χ4v) is 4.06. The highest BCUT2D eigenvalue weighted by Crippen LogP contribution is 2.42. The van der Waals surface area contributed by atoms with Crippen molar-refractivity contribution in [2.24, 2.45) is 0 Å². The first-order chi connectivity index (χ1) is 13.1. The Bertz CT molecular complexity index is 990. The molecule has 0 saturated heterocycles. The van der Waals surface area contributed by atoms with E-state index in [1.54, 1.807) is 24.3 Å². The summed E-state index contributed by atoms with van der Waals surface area (Å²) in [5.74, 6) is -0.996. The van der Waals surface area contributed by atoms with Gasteiger partial charge < -0.3 is 0 Å². The van der Waals surface area contributed by atoms with E-state index in [-0.39, 0.29) is 5.56 Å². The molecule has 0 heterocycles. The summed E-state index contributed by atoms with van der Waals surface area (Å²) in [4.78, 5) is 0. The van der Waals surface area contributed by atoms with E-state index >= 15 is 4.39 Å². The van der Waals surface area contributed by atoms with Crippen LogP contribution in [-0.2, 0) is 12.8 Å². The molecule has 3 aromatic rings. The van der Waals surface area contributed by atoms with Crippen LogP contribution in [-0.4, -0.2) is 0 Å². The topological polar surface area (TPSA) is 0 Å². The van der Waals surface area contributed by atoms with Gasteiger partial charge >= 0.3 is 0 Å². The molecular weight excluding hydrogens is 362 g/mol. The molecule has 138 valence electrons. The zero-order valence-corrected chi connectivity index (χ0v) is 16.0. The molecule has 0 N–H and O–H groups in total. The van der Waals surface area contributed by atoms with Gasteiger partial charge in [-0.25, -0.2) is 8.78 Å². The quantitative estimate of drug-likeness (QED) is 0.312. The van der Waals surface area contributed by atoms with Crippen molar-refractivity contribution in [2.75, 3.05) is 0 Å². The molecule has 0 radical (unpaired) electrons. The molecule has 0 saturated carbocycles. The number of halogens is 3. The summed E-state index contributed by atoms with van der Waals surface area (Å²) in [6.07, 6.45) is 5.10. The SMILES string of the molecule is CCCCCc1ccc2c(c1)Cc1c-2cc(F)c(-c2ccc(Cl)cc2)c1F. The second kappa shape index (κ2) is 7.44. The summed E-state index contributed by atoms with van der Waals surface area (Å²) < 4.78 is 30.1. The molecule has 0 aromatic heterocycles. The molecule has 3 heteroatoms. The first kappa shape index (κ1) is 18.2. The van der Waals surface area contributed by atoms with Gasteiger partial charge in [0.05, 0.1) is 5.56 Å². The number of hydrogen-bond acceptors (Lipinski definition) is 0. The number of rotatable bonds is 5. The van der Waals surface area contributed by atoms with Crippen molar-refractivity contribution in [3.05, 3.63) is 81.9 Å². The number of benzene rings is 3. The van der Waals surface area contributed by atoms with Gasteiger partial charge in [-0.3, -0.25) is 0 Å². The van der Waals surface area contributed by atoms with Crippen LogP contribution in [0.5, 0.6) is 0 Å². The normalized spacial score (nSPS) is 12.1. The Morgan fingerprint density at radius 3 is 2.44 bits per heavy atom. The average molecular weight is 383 g/mol. The maximum absolute atomic E-state index is 15.3. The smallest absolute Gasteiger partial charge is 0.138 e. The third-order valence-corrected chi connectivity index (χ3v) is 5.60. The molecule has 0 unspecified atom stereocenters. The van der Waals surface area contributed by atoms with Gasteiger partial charge in [0.15, 0.2) is 0 Å². The minimum atomic E-state index is -0.534. The van der Waals surface area contributed by atoms with Crippen molar-refractivity contribution in [3.63, 3.8) is 0 Å². The first-order valence-corrected chi connectivity index (χ1v) is 9.85. The van der Waals surface area contributed by atoms with Crippen LogP contribution in [0.25, 0.3) is 22.3 Å². The van der Waals surface area contributed by atoms with Crippen molar-refractivity contribution in [1.29, 1.82) is 0 Å². The molecule has 0 fully saturated rings. The van der Waals surface area contributed by atoms with Gasteiger partial charge in [-0.1, -0.05) is 61.7 Å². The fourth-order valence-electron chi connectivity index (χ4n) is 3.94. The molecule has 1 aliphatic rings. The van der Waals surface area contributed by atoms with E-state index in [9.17, 15) is 4.39 Å². The summed E-state index contributed by atoms with van der Waals surface area (Å²) in [6, 6.07) is 14.4. The van der Waals surface area contributed by atoms with Crippen LogP contribution in [0.2, 0.25) is 5.02 Å². The molecule has 4 rings (SSSR count). The highest BCUT2D eigenvalue weighted by molar-refractivity contribution is 6.30. The molecule has 3 aromatic carbocycles. The maximum Gasteiger partial charge on any atom is 0.138 e. The van der Waals surface area contributed by atoms with E-state index < -0.39 is 11.6 Å². The summed E-state index contributed by atoms with van der Waals surface area (Å²) in [6.45, 7) is 2.19. The van der Waals surface area contributed by atoms with Crippen molar-refractivity contribution in [1.82, 2.24) is 0 Å². The predicted molar refractivity (Wildman–Crippen MR) is 108 cm³/mol. The summed E-state index contributed by atoms with van der Waals surface area (Å²) in [5, 5.41) is 0.545. The fraction of sp³-hybridized carbons (Fsp3) is 0.250. The van der Waals surface area contributed by atoms with E-state index in [1.165, 1.54) is 24.5 Å². The summed E-state index contributed by atoms with van der Waals surface area (Å²) >= 11 is 5.91. The third kappa shape index (κ3) is 3.39. The Labute approximate surface area is 163 Å². The summed E-state index contributed by atoms with van der Waals surface area (Å²) in [5.41, 5.74) is 5.11. The van der Waals surface area contributed by atoms with Gasteiger partial charge in [0.1, 0.15) is 11.6 Å². The van der Waals surface area contributed by atoms with Gasteiger partial charge in [-0.05, 0) is 58.9 Å². The molecular formula is C24H21ClF2. The highest BCUT2D eigenvalue weighted by Gasteiger charge is 2.27. The Kier molecular flexibility index (Phi) is 5.01. The number of fused-ring (bicyclic) bond motifs is 3. The molecule has 0 amide bonds. The average Bonchev–Trinajstić information content (AvgIpc) is 3.02. The second-order valence-electron chi connectivity index (χ2n) is 7.21. The highest BCUT2D eigenvalue weighted by atomic mass is 35.5. The van der Waals surface area contributed by atoms with Gasteiger partial charge in [0.25, 0.3) is 0 Å². The second-order valence-corrected chi connectivity index (χ2v) is 7.64. The molecule has 0 bridgehead atoms. The summed E-state index contributed by atoms with van der Waals surface area (Å²) in [7, 11) is 0. The molecule has 0 nitrogen and oxygen atoms in total. The van der Waals surface area contributed by atoms with Gasteiger partial charge in [0.2, 0.25) is 0 Å². The predicted octanol–water partition coefficient (Wildman–Crippen LogP) is 7.59. The lowest BCUT2D eigenvalue weighted by Gasteiger charge is -2.10. The van der Waals surface area contributed by atoms with Crippen molar-refractivity contribution in [2.45, 2.75) is 39.0 Å². The van der Waals surface area contributed by atoms with Crippen LogP contribution in [0.4, 0.5) is 8.78 Å². The van der Waals surface area contributed by atoms with Crippen LogP contribution in [0.3, 0.4) is 0 Å². The van der Waals surface area contributed by atoms with Crippen LogP contribution in [0.15, 0.2) is 48.5 Å². The van der Waals surface area contributed by atoms with E-state index in [1.807, 2.05) is 6.07 Å². The molecule has 27 heavy (non-hydrogen) atoms. The Morgan fingerprint density at radius 2 is 1.70 bits per heavy atom. The van der Waals surface area contributed by atoms with Gasteiger partial charge in [-0.15, -0.1) is 0 Å². The minimum absolute atomic E-state index is 0.0291. The zero-order valence-electron chi connectivity index (χ0n) is 15.3. The Morgan fingerprint density at radius 1 is 0.926 bits per heavy atom. The minimum Gasteiger partial charge on any atom is -0.206 e. The lowest BCUT2D eigenvalue weighted by Crippen LogP contribution is -1.96. The molecule has 0 spiro atoms. The lowest BCUT2D eigenvalue weighted by molar-refractivity contribution is 0.583. The number of hydrogen-bond donors (Lipinski definition) is 0. The molecule has 0 atom stereocenters. The van der Waals surface area contributed by atoms with Crippen molar-refractivity contribution < 1.29 is 8.78 Å². The van der Waals surface area contributed by atoms with E-state index in [0.717, 1.165) is 24.0 Å². The monoisotopic (exact) mass is 382 g/mol. The van der Waals surface area contributed by atoms with Gasteiger partial charge in [0, 0.05) is 17.0 Å². The largest absolute Gasteiger partial charge is 0.206 e. The molecule has 0 aliphatic heterocycles. The Balaban J connectivity index is 1.72. The first-order valence-electron chi connectivity index (χ1n) is 9.47. The van der Waals surface area contributed by atoms with Crippen molar-refractivity contribution in [3.8, 4) is 22.3 Å². The van der Waals surface area contributed by atoms with Crippen LogP contribution >= 0.6 is 11.6 Å². The third-order valence-electron chi connectivity index (χ3n) is 5.35. The molecule has 1 aliphatic carbocycles. The van der Waals surface area contributed by atoms with Crippen LogP contribution < -0.4 is 0 Å². The Hall–Kier alpha value is -2.19. The lowest BCUT2D eigenvalue weighted by atomic mass is 9.97. The van der Waals surface area contributed by atoms with E-state index in [0.29, 0.717) is 28.1 Å². The van der Waals surface area contributed by atoms with Gasteiger partial charge in [-0.2, -0.15) is 0 Å². The zero-order chi connectivity index (χ0) is 19.0. The number of unbranched alkanes of at least 4 members (excludes halogenated alkanes) is 2.